The zero-order valence-corrected chi connectivity index (χ0v) is 17.6. The first-order valence-corrected chi connectivity index (χ1v) is 10.8. The smallest absolute Gasteiger partial charge is 0.261 e. The maximum atomic E-state index is 12.4. The first kappa shape index (κ1) is 21.3. The predicted molar refractivity (Wildman–Crippen MR) is 107 cm³/mol. The molecule has 2 aromatic rings. The maximum absolute atomic E-state index is 12.4. The summed E-state index contributed by atoms with van der Waals surface area (Å²) in [7, 11) is -3.24. The molecule has 0 aliphatic carbocycles. The number of halogens is 1. The Kier molecular flexibility index (Phi) is 6.54. The van der Waals surface area contributed by atoms with E-state index in [1.54, 1.807) is 31.2 Å². The lowest BCUT2D eigenvalue weighted by molar-refractivity contribution is -0.127. The van der Waals surface area contributed by atoms with E-state index in [4.69, 9.17) is 16.3 Å². The molecule has 146 valence electrons. The van der Waals surface area contributed by atoms with Crippen LogP contribution in [0.3, 0.4) is 0 Å². The molecule has 0 aliphatic rings. The average molecular weight is 410 g/mol. The number of ether oxygens (including phenoxy) is 1. The molecule has 0 heterocycles. The summed E-state index contributed by atoms with van der Waals surface area (Å²) in [6, 6.07) is 9.76. The molecule has 5 nitrogen and oxygen atoms in total. The highest BCUT2D eigenvalue weighted by Crippen LogP contribution is 2.26. The summed E-state index contributed by atoms with van der Waals surface area (Å²) >= 11 is 6.15. The Hall–Kier alpha value is -2.05. The standard InChI is InChI=1S/C20H24ClNO4S/c1-12-10-17(11-13(2)19(12)21)26-15(4)20(23)22-14(3)16-6-8-18(9-7-16)27(5,24)25/h6-11,14-15H,1-5H3,(H,22,23)/t14-,15-/m0/s1. The number of nitrogens with one attached hydrogen (secondary N) is 1. The lowest BCUT2D eigenvalue weighted by Crippen LogP contribution is -2.37. The van der Waals surface area contributed by atoms with Gasteiger partial charge in [-0.2, -0.15) is 0 Å². The Morgan fingerprint density at radius 3 is 2.07 bits per heavy atom. The number of hydrogen-bond acceptors (Lipinski definition) is 4. The number of aryl methyl sites for hydroxylation is 2. The van der Waals surface area contributed by atoms with E-state index in [1.165, 1.54) is 12.1 Å². The summed E-state index contributed by atoms with van der Waals surface area (Å²) in [5.41, 5.74) is 2.58. The zero-order chi connectivity index (χ0) is 20.4. The molecule has 0 aliphatic heterocycles. The van der Waals surface area contributed by atoms with Crippen LogP contribution in [0.1, 0.15) is 36.6 Å². The van der Waals surface area contributed by atoms with E-state index >= 15 is 0 Å². The van der Waals surface area contributed by atoms with Crippen molar-refractivity contribution >= 4 is 27.3 Å². The van der Waals surface area contributed by atoms with Crippen LogP contribution in [-0.4, -0.2) is 26.7 Å². The van der Waals surface area contributed by atoms with Crippen molar-refractivity contribution in [3.05, 3.63) is 58.1 Å². The number of carbonyl (C=O) groups excluding carboxylic acids is 1. The number of benzene rings is 2. The highest BCUT2D eigenvalue weighted by molar-refractivity contribution is 7.90. The number of sulfone groups is 1. The third kappa shape index (κ3) is 5.47. The summed E-state index contributed by atoms with van der Waals surface area (Å²) in [6.45, 7) is 7.27. The van der Waals surface area contributed by atoms with E-state index in [0.717, 1.165) is 22.9 Å². The van der Waals surface area contributed by atoms with Crippen molar-refractivity contribution in [2.24, 2.45) is 0 Å². The molecule has 0 radical (unpaired) electrons. The SMILES string of the molecule is Cc1cc(O[C@@H](C)C(=O)N[C@@H](C)c2ccc(S(C)(=O)=O)cc2)cc(C)c1Cl. The first-order chi connectivity index (χ1) is 12.5. The Balaban J connectivity index is 2.03. The minimum absolute atomic E-state index is 0.245. The van der Waals surface area contributed by atoms with Gasteiger partial charge in [-0.1, -0.05) is 23.7 Å². The fourth-order valence-electron chi connectivity index (χ4n) is 2.65. The summed E-state index contributed by atoms with van der Waals surface area (Å²) in [4.78, 5) is 12.7. The molecule has 0 saturated carbocycles. The minimum Gasteiger partial charge on any atom is -0.481 e. The molecule has 27 heavy (non-hydrogen) atoms. The van der Waals surface area contributed by atoms with E-state index < -0.39 is 15.9 Å². The molecule has 2 atom stereocenters. The van der Waals surface area contributed by atoms with Crippen LogP contribution in [0.5, 0.6) is 5.75 Å². The Bertz CT molecular complexity index is 916. The molecule has 1 N–H and O–H groups in total. The van der Waals surface area contributed by atoms with Gasteiger partial charge in [0.25, 0.3) is 5.91 Å². The summed E-state index contributed by atoms with van der Waals surface area (Å²) in [5.74, 6) is 0.321. The van der Waals surface area contributed by atoms with Crippen LogP contribution in [0.4, 0.5) is 0 Å². The Labute approximate surface area is 165 Å². The van der Waals surface area contributed by atoms with Crippen molar-refractivity contribution < 1.29 is 17.9 Å². The van der Waals surface area contributed by atoms with Gasteiger partial charge in [-0.3, -0.25) is 4.79 Å². The normalized spacial score (nSPS) is 13.7. The lowest BCUT2D eigenvalue weighted by atomic mass is 10.1. The first-order valence-electron chi connectivity index (χ1n) is 8.53. The third-order valence-corrected chi connectivity index (χ3v) is 5.98. The molecule has 0 fully saturated rings. The fourth-order valence-corrected chi connectivity index (χ4v) is 3.39. The summed E-state index contributed by atoms with van der Waals surface area (Å²) in [6.07, 6.45) is 0.467. The van der Waals surface area contributed by atoms with Crippen LogP contribution in [0.25, 0.3) is 0 Å². The summed E-state index contributed by atoms with van der Waals surface area (Å²) < 4.78 is 28.8. The minimum atomic E-state index is -3.24. The molecule has 0 spiro atoms. The van der Waals surface area contributed by atoms with E-state index in [0.29, 0.717) is 10.8 Å². The average Bonchev–Trinajstić information content (AvgIpc) is 2.58. The van der Waals surface area contributed by atoms with Gasteiger partial charge in [0.05, 0.1) is 10.9 Å². The van der Waals surface area contributed by atoms with Gasteiger partial charge in [-0.05, 0) is 68.7 Å². The molecular weight excluding hydrogens is 386 g/mol. The van der Waals surface area contributed by atoms with Gasteiger partial charge in [-0.15, -0.1) is 0 Å². The predicted octanol–water partition coefficient (Wildman–Crippen LogP) is 4.01. The van der Waals surface area contributed by atoms with Gasteiger partial charge in [0, 0.05) is 11.3 Å². The molecular formula is C20H24ClNO4S. The van der Waals surface area contributed by atoms with Crippen LogP contribution in [0.15, 0.2) is 41.3 Å². The lowest BCUT2D eigenvalue weighted by Gasteiger charge is -2.20. The van der Waals surface area contributed by atoms with Crippen molar-refractivity contribution in [3.63, 3.8) is 0 Å². The third-order valence-electron chi connectivity index (χ3n) is 4.26. The molecule has 1 amide bonds. The second kappa shape index (κ2) is 8.31. The number of hydrogen-bond donors (Lipinski definition) is 1. The van der Waals surface area contributed by atoms with Crippen LogP contribution >= 0.6 is 11.6 Å². The van der Waals surface area contributed by atoms with Gasteiger partial charge in [0.1, 0.15) is 5.75 Å². The van der Waals surface area contributed by atoms with E-state index in [9.17, 15) is 13.2 Å². The highest BCUT2D eigenvalue weighted by Gasteiger charge is 2.19. The maximum Gasteiger partial charge on any atom is 0.261 e. The molecule has 7 heteroatoms. The van der Waals surface area contributed by atoms with E-state index in [2.05, 4.69) is 5.32 Å². The molecule has 2 aromatic carbocycles. The van der Waals surface area contributed by atoms with Gasteiger partial charge in [0.2, 0.25) is 0 Å². The molecule has 0 bridgehead atoms. The monoisotopic (exact) mass is 409 g/mol. The van der Waals surface area contributed by atoms with Crippen molar-refractivity contribution in [2.45, 2.75) is 44.7 Å². The molecule has 0 saturated heterocycles. The largest absolute Gasteiger partial charge is 0.481 e. The number of carbonyl (C=O) groups is 1. The van der Waals surface area contributed by atoms with Gasteiger partial charge in [0.15, 0.2) is 15.9 Å². The molecule has 2 rings (SSSR count). The second-order valence-corrected chi connectivity index (χ2v) is 9.10. The van der Waals surface area contributed by atoms with E-state index in [-0.39, 0.29) is 16.8 Å². The number of amides is 1. The Morgan fingerprint density at radius 2 is 1.59 bits per heavy atom. The topological polar surface area (TPSA) is 72.5 Å². The van der Waals surface area contributed by atoms with Crippen molar-refractivity contribution in [3.8, 4) is 5.75 Å². The highest BCUT2D eigenvalue weighted by atomic mass is 35.5. The van der Waals surface area contributed by atoms with Crippen LogP contribution in [-0.2, 0) is 14.6 Å². The van der Waals surface area contributed by atoms with Crippen molar-refractivity contribution in [1.29, 1.82) is 0 Å². The van der Waals surface area contributed by atoms with Crippen molar-refractivity contribution in [1.82, 2.24) is 5.32 Å². The fraction of sp³-hybridized carbons (Fsp3) is 0.350. The van der Waals surface area contributed by atoms with E-state index in [1.807, 2.05) is 20.8 Å². The molecule has 0 unspecified atom stereocenters. The zero-order valence-electron chi connectivity index (χ0n) is 16.0. The van der Waals surface area contributed by atoms with Gasteiger partial charge >= 0.3 is 0 Å². The second-order valence-electron chi connectivity index (χ2n) is 6.70. The van der Waals surface area contributed by atoms with Crippen molar-refractivity contribution in [2.75, 3.05) is 6.26 Å². The van der Waals surface area contributed by atoms with Crippen LogP contribution in [0, 0.1) is 13.8 Å². The summed E-state index contributed by atoms with van der Waals surface area (Å²) in [5, 5.41) is 3.56. The van der Waals surface area contributed by atoms with Gasteiger partial charge in [-0.25, -0.2) is 8.42 Å². The quantitative estimate of drug-likeness (QED) is 0.782. The number of rotatable bonds is 6. The van der Waals surface area contributed by atoms with Gasteiger partial charge < -0.3 is 10.1 Å². The Morgan fingerprint density at radius 1 is 1.07 bits per heavy atom. The molecule has 0 aromatic heterocycles. The van der Waals surface area contributed by atoms with Crippen LogP contribution < -0.4 is 10.1 Å². The van der Waals surface area contributed by atoms with Crippen LogP contribution in [0.2, 0.25) is 5.02 Å².